The molecule has 0 N–H and O–H groups in total. The number of hydrogen-bond donors (Lipinski definition) is 0. The van der Waals surface area contributed by atoms with Gasteiger partial charge >= 0.3 is 0 Å². The maximum Gasteiger partial charge on any atom is 0.278 e. The zero-order valence-electron chi connectivity index (χ0n) is 20.2. The predicted octanol–water partition coefficient (Wildman–Crippen LogP) is 3.67. The average molecular weight is 505 g/mol. The van der Waals surface area contributed by atoms with E-state index >= 15 is 0 Å². The van der Waals surface area contributed by atoms with E-state index in [9.17, 15) is 19.7 Å². The summed E-state index contributed by atoms with van der Waals surface area (Å²) in [5.41, 5.74) is 0.694. The molecule has 0 aromatic heterocycles. The molecule has 37 heavy (non-hydrogen) atoms. The molecule has 0 saturated carbocycles. The predicted molar refractivity (Wildman–Crippen MR) is 132 cm³/mol. The van der Waals surface area contributed by atoms with Crippen molar-refractivity contribution in [2.24, 2.45) is 5.92 Å². The maximum atomic E-state index is 13.8. The number of hydrogen-bond acceptors (Lipinski definition) is 9. The van der Waals surface area contributed by atoms with Crippen LogP contribution in [0.1, 0.15) is 11.6 Å². The molecule has 3 aromatic carbocycles. The summed E-state index contributed by atoms with van der Waals surface area (Å²) < 4.78 is 15.9. The Morgan fingerprint density at radius 1 is 0.838 bits per heavy atom. The third-order valence-corrected chi connectivity index (χ3v) is 6.49. The Morgan fingerprint density at radius 3 is 2.16 bits per heavy atom. The molecule has 2 saturated heterocycles. The van der Waals surface area contributed by atoms with Gasteiger partial charge in [-0.15, -0.1) is 0 Å². The number of nitrogens with zero attached hydrogens (tertiary/aromatic N) is 3. The molecule has 0 unspecified atom stereocenters. The zero-order valence-corrected chi connectivity index (χ0v) is 20.2. The monoisotopic (exact) mass is 505 g/mol. The van der Waals surface area contributed by atoms with Crippen LogP contribution in [0.5, 0.6) is 17.2 Å². The minimum absolute atomic E-state index is 0.146. The molecule has 5 rings (SSSR count). The molecule has 2 amide bonds. The van der Waals surface area contributed by atoms with Crippen LogP contribution in [-0.2, 0) is 14.4 Å². The van der Waals surface area contributed by atoms with Crippen molar-refractivity contribution < 1.29 is 33.6 Å². The molecule has 190 valence electrons. The quantitative estimate of drug-likeness (QED) is 0.269. The van der Waals surface area contributed by atoms with E-state index in [1.54, 1.807) is 54.6 Å². The van der Waals surface area contributed by atoms with Crippen LogP contribution < -0.4 is 24.2 Å². The normalized spacial score (nSPS) is 20.7. The number of rotatable bonds is 7. The van der Waals surface area contributed by atoms with Crippen LogP contribution >= 0.6 is 0 Å². The van der Waals surface area contributed by atoms with Crippen LogP contribution in [0.15, 0.2) is 66.7 Å². The number of carbonyl (C=O) groups is 2. The number of anilines is 2. The van der Waals surface area contributed by atoms with Crippen LogP contribution in [0, 0.1) is 16.0 Å². The highest BCUT2D eigenvalue weighted by Crippen LogP contribution is 2.51. The van der Waals surface area contributed by atoms with Crippen molar-refractivity contribution in [2.75, 3.05) is 31.3 Å². The van der Waals surface area contributed by atoms with Gasteiger partial charge in [0.25, 0.3) is 11.6 Å². The number of hydroxylamine groups is 1. The van der Waals surface area contributed by atoms with Gasteiger partial charge in [-0.05, 0) is 30.3 Å². The van der Waals surface area contributed by atoms with Gasteiger partial charge in [-0.1, -0.05) is 24.3 Å². The SMILES string of the molecule is COc1cccc(N2C(=O)[C@@H]3[C@H](ON(c4ccccc4)[C@@H]3c3cc(OC)c(OC)cc3[N+](=O)[O-])C2=O)c1. The van der Waals surface area contributed by atoms with Crippen LogP contribution in [0.2, 0.25) is 0 Å². The fourth-order valence-electron chi connectivity index (χ4n) is 4.81. The molecule has 2 aliphatic rings. The van der Waals surface area contributed by atoms with E-state index in [0.29, 0.717) is 17.1 Å². The summed E-state index contributed by atoms with van der Waals surface area (Å²) >= 11 is 0. The largest absolute Gasteiger partial charge is 0.497 e. The topological polar surface area (TPSA) is 121 Å². The van der Waals surface area contributed by atoms with Crippen LogP contribution in [0.3, 0.4) is 0 Å². The molecule has 2 heterocycles. The Morgan fingerprint density at radius 2 is 1.51 bits per heavy atom. The first-order valence-electron chi connectivity index (χ1n) is 11.3. The molecular weight excluding hydrogens is 482 g/mol. The van der Waals surface area contributed by atoms with E-state index in [1.807, 2.05) is 0 Å². The van der Waals surface area contributed by atoms with E-state index in [4.69, 9.17) is 19.0 Å². The third-order valence-electron chi connectivity index (χ3n) is 6.49. The van der Waals surface area contributed by atoms with E-state index < -0.39 is 34.8 Å². The number of nitro groups is 1. The molecule has 3 atom stereocenters. The van der Waals surface area contributed by atoms with Gasteiger partial charge < -0.3 is 14.2 Å². The zero-order chi connectivity index (χ0) is 26.3. The van der Waals surface area contributed by atoms with Crippen molar-refractivity contribution in [2.45, 2.75) is 12.1 Å². The van der Waals surface area contributed by atoms with Gasteiger partial charge in [-0.2, -0.15) is 0 Å². The molecule has 11 nitrogen and oxygen atoms in total. The Bertz CT molecular complexity index is 1380. The second kappa shape index (κ2) is 9.43. The van der Waals surface area contributed by atoms with Gasteiger partial charge in [-0.3, -0.25) is 24.5 Å². The first kappa shape index (κ1) is 24.1. The molecule has 0 bridgehead atoms. The summed E-state index contributed by atoms with van der Waals surface area (Å²) in [5, 5.41) is 13.5. The summed E-state index contributed by atoms with van der Waals surface area (Å²) in [7, 11) is 4.26. The fraction of sp³-hybridized carbons (Fsp3) is 0.231. The number of fused-ring (bicyclic) bond motifs is 1. The maximum absolute atomic E-state index is 13.8. The van der Waals surface area contributed by atoms with Gasteiger partial charge in [0.05, 0.1) is 49.3 Å². The molecule has 11 heteroatoms. The minimum Gasteiger partial charge on any atom is -0.497 e. The highest BCUT2D eigenvalue weighted by molar-refractivity contribution is 6.24. The van der Waals surface area contributed by atoms with Gasteiger partial charge in [0.15, 0.2) is 17.6 Å². The molecule has 0 spiro atoms. The molecule has 2 aliphatic heterocycles. The lowest BCUT2D eigenvalue weighted by Crippen LogP contribution is -2.37. The molecule has 3 aromatic rings. The Kier molecular flexibility index (Phi) is 6.14. The fourth-order valence-corrected chi connectivity index (χ4v) is 4.81. The summed E-state index contributed by atoms with van der Waals surface area (Å²) in [6.45, 7) is 0. The van der Waals surface area contributed by atoms with Crippen LogP contribution in [0.25, 0.3) is 0 Å². The second-order valence-corrected chi connectivity index (χ2v) is 8.39. The standard InChI is InChI=1S/C26H23N3O8/c1-34-17-11-7-10-16(12-17)27-25(30)22-23(18-13-20(35-2)21(36-3)14-19(18)29(32)33)28(37-24(22)26(27)31)15-8-5-4-6-9-15/h4-14,22-24H,1-3H3/t22-,23+,24-/m0/s1. The highest BCUT2D eigenvalue weighted by Gasteiger charge is 2.61. The summed E-state index contributed by atoms with van der Waals surface area (Å²) in [6.07, 6.45) is -1.20. The summed E-state index contributed by atoms with van der Waals surface area (Å²) in [5.74, 6) is -1.33. The van der Waals surface area contributed by atoms with Crippen molar-refractivity contribution in [1.82, 2.24) is 0 Å². The van der Waals surface area contributed by atoms with E-state index in [-0.39, 0.29) is 22.7 Å². The van der Waals surface area contributed by atoms with Crippen molar-refractivity contribution in [3.8, 4) is 17.2 Å². The van der Waals surface area contributed by atoms with E-state index in [0.717, 1.165) is 4.90 Å². The Balaban J connectivity index is 1.68. The van der Waals surface area contributed by atoms with E-state index in [2.05, 4.69) is 0 Å². The van der Waals surface area contributed by atoms with Gasteiger partial charge in [0.1, 0.15) is 17.7 Å². The second-order valence-electron chi connectivity index (χ2n) is 8.39. The summed E-state index contributed by atoms with van der Waals surface area (Å²) in [4.78, 5) is 46.1. The lowest BCUT2D eigenvalue weighted by Gasteiger charge is -2.29. The van der Waals surface area contributed by atoms with Crippen molar-refractivity contribution in [3.63, 3.8) is 0 Å². The van der Waals surface area contributed by atoms with Gasteiger partial charge in [-0.25, -0.2) is 9.96 Å². The van der Waals surface area contributed by atoms with Gasteiger partial charge in [0, 0.05) is 6.07 Å². The number of carbonyl (C=O) groups excluding carboxylic acids is 2. The Hall–Kier alpha value is -4.64. The minimum atomic E-state index is -1.20. The lowest BCUT2D eigenvalue weighted by atomic mass is 9.89. The highest BCUT2D eigenvalue weighted by atomic mass is 16.7. The number of methoxy groups -OCH3 is 3. The molecule has 0 aliphatic carbocycles. The smallest absolute Gasteiger partial charge is 0.278 e. The molecule has 0 radical (unpaired) electrons. The van der Waals surface area contributed by atoms with Crippen molar-refractivity contribution in [1.29, 1.82) is 0 Å². The van der Waals surface area contributed by atoms with Crippen LogP contribution in [-0.4, -0.2) is 44.2 Å². The van der Waals surface area contributed by atoms with Crippen molar-refractivity contribution in [3.05, 3.63) is 82.4 Å². The Labute approximate surface area is 211 Å². The number of imide groups is 1. The number of ether oxygens (including phenoxy) is 3. The number of amides is 2. The van der Waals surface area contributed by atoms with Crippen LogP contribution in [0.4, 0.5) is 17.1 Å². The van der Waals surface area contributed by atoms with Gasteiger partial charge in [0.2, 0.25) is 5.91 Å². The average Bonchev–Trinajstić information content (AvgIpc) is 3.43. The number of nitro benzene ring substituents is 1. The first-order chi connectivity index (χ1) is 17.9. The number of benzene rings is 3. The van der Waals surface area contributed by atoms with E-state index in [1.165, 1.54) is 38.5 Å². The van der Waals surface area contributed by atoms with Crippen molar-refractivity contribution >= 4 is 28.9 Å². The first-order valence-corrected chi connectivity index (χ1v) is 11.3. The third kappa shape index (κ3) is 3.89. The molecular formula is C26H23N3O8. The lowest BCUT2D eigenvalue weighted by molar-refractivity contribution is -0.385. The molecule has 2 fully saturated rings. The number of para-hydroxylation sites is 1. The summed E-state index contributed by atoms with van der Waals surface area (Å²) in [6, 6.07) is 17.0.